The number of benzene rings is 2. The van der Waals surface area contributed by atoms with E-state index < -0.39 is 5.79 Å². The molecule has 2 atom stereocenters. The van der Waals surface area contributed by atoms with Crippen LogP contribution in [0.1, 0.15) is 24.8 Å². The summed E-state index contributed by atoms with van der Waals surface area (Å²) in [5.41, 5.74) is 2.14. The highest BCUT2D eigenvalue weighted by Gasteiger charge is 2.46. The first-order chi connectivity index (χ1) is 16.7. The van der Waals surface area contributed by atoms with Crippen molar-refractivity contribution in [3.63, 3.8) is 0 Å². The van der Waals surface area contributed by atoms with Gasteiger partial charge in [0.05, 0.1) is 32.1 Å². The van der Waals surface area contributed by atoms with Crippen LogP contribution in [-0.4, -0.2) is 81.3 Å². The Morgan fingerprint density at radius 1 is 0.971 bits per heavy atom. The van der Waals surface area contributed by atoms with Gasteiger partial charge in [0.15, 0.2) is 0 Å². The first kappa shape index (κ1) is 23.1. The van der Waals surface area contributed by atoms with E-state index in [1.807, 2.05) is 47.4 Å². The topological polar surface area (TPSA) is 54.5 Å². The Hall–Kier alpha value is -2.61. The predicted molar refractivity (Wildman–Crippen MR) is 131 cm³/mol. The number of anilines is 1. The highest BCUT2D eigenvalue weighted by atomic mass is 16.7. The smallest absolute Gasteiger partial charge is 0.222 e. The number of amides is 1. The zero-order valence-corrected chi connectivity index (χ0v) is 20.0. The highest BCUT2D eigenvalue weighted by molar-refractivity contribution is 5.76. The SMILES string of the molecule is COc1ccccc1N1CCN(C[C@@H]2CO[C@@](CN3CCCCC3=O)(c3ccccc3)O2)CC1. The fraction of sp³-hybridized carbons (Fsp3) is 0.519. The Kier molecular flexibility index (Phi) is 7.04. The molecule has 3 saturated heterocycles. The molecule has 5 rings (SSSR count). The van der Waals surface area contributed by atoms with E-state index in [2.05, 4.69) is 21.9 Å². The van der Waals surface area contributed by atoms with E-state index in [1.165, 1.54) is 0 Å². The van der Waals surface area contributed by atoms with Gasteiger partial charge in [-0.05, 0) is 25.0 Å². The average Bonchev–Trinajstić information content (AvgIpc) is 3.30. The lowest BCUT2D eigenvalue weighted by atomic mass is 10.0. The van der Waals surface area contributed by atoms with E-state index in [1.54, 1.807) is 7.11 Å². The lowest BCUT2D eigenvalue weighted by Gasteiger charge is -2.38. The van der Waals surface area contributed by atoms with Gasteiger partial charge in [-0.15, -0.1) is 0 Å². The zero-order valence-electron chi connectivity index (χ0n) is 20.0. The number of rotatable bonds is 7. The number of hydrogen-bond acceptors (Lipinski definition) is 6. The van der Waals surface area contributed by atoms with E-state index >= 15 is 0 Å². The Balaban J connectivity index is 1.22. The first-order valence-electron chi connectivity index (χ1n) is 12.4. The molecule has 1 amide bonds. The molecule has 0 aromatic heterocycles. The monoisotopic (exact) mass is 465 g/mol. The molecule has 0 saturated carbocycles. The molecule has 0 N–H and O–H groups in total. The minimum absolute atomic E-state index is 0.0297. The number of methoxy groups -OCH3 is 1. The molecule has 3 aliphatic heterocycles. The molecular weight excluding hydrogens is 430 g/mol. The van der Waals surface area contributed by atoms with Crippen LogP contribution in [0, 0.1) is 0 Å². The van der Waals surface area contributed by atoms with E-state index in [0.717, 1.165) is 69.1 Å². The maximum Gasteiger partial charge on any atom is 0.222 e. The van der Waals surface area contributed by atoms with Crippen LogP contribution in [0.5, 0.6) is 5.75 Å². The third kappa shape index (κ3) is 4.92. The minimum atomic E-state index is -0.891. The molecule has 3 aliphatic rings. The third-order valence-electron chi connectivity index (χ3n) is 7.15. The van der Waals surface area contributed by atoms with Crippen LogP contribution in [0.2, 0.25) is 0 Å². The van der Waals surface area contributed by atoms with Crippen molar-refractivity contribution in [1.82, 2.24) is 9.80 Å². The standard InChI is InChI=1S/C27H35N3O4/c1-32-25-12-6-5-11-24(25)29-17-15-28(16-18-29)19-23-20-33-27(34-23,22-9-3-2-4-10-22)21-30-14-8-7-13-26(30)31/h2-6,9-12,23H,7-8,13-21H2,1H3/t23-,27-/m1/s1. The van der Waals surface area contributed by atoms with Crippen molar-refractivity contribution in [2.24, 2.45) is 0 Å². The quantitative estimate of drug-likeness (QED) is 0.627. The van der Waals surface area contributed by atoms with Crippen molar-refractivity contribution in [1.29, 1.82) is 0 Å². The number of nitrogens with zero attached hydrogens (tertiary/aromatic N) is 3. The molecule has 7 nitrogen and oxygen atoms in total. The molecule has 2 aromatic rings. The molecule has 2 aromatic carbocycles. The number of carbonyl (C=O) groups excluding carboxylic acids is 1. The summed E-state index contributed by atoms with van der Waals surface area (Å²) in [7, 11) is 1.73. The van der Waals surface area contributed by atoms with Crippen LogP contribution in [0.4, 0.5) is 5.69 Å². The maximum atomic E-state index is 12.5. The number of likely N-dealkylation sites (tertiary alicyclic amines) is 1. The second-order valence-electron chi connectivity index (χ2n) is 9.40. The zero-order chi connectivity index (χ0) is 23.4. The number of carbonyl (C=O) groups is 1. The van der Waals surface area contributed by atoms with E-state index in [9.17, 15) is 4.79 Å². The van der Waals surface area contributed by atoms with Gasteiger partial charge in [-0.1, -0.05) is 42.5 Å². The number of piperazine rings is 1. The molecule has 182 valence electrons. The van der Waals surface area contributed by atoms with Gasteiger partial charge in [0.25, 0.3) is 0 Å². The second kappa shape index (κ2) is 10.3. The van der Waals surface area contributed by atoms with Crippen molar-refractivity contribution in [2.75, 3.05) is 64.4 Å². The molecule has 0 spiro atoms. The van der Waals surface area contributed by atoms with Crippen molar-refractivity contribution >= 4 is 11.6 Å². The van der Waals surface area contributed by atoms with Gasteiger partial charge >= 0.3 is 0 Å². The van der Waals surface area contributed by atoms with E-state index in [4.69, 9.17) is 14.2 Å². The number of piperidine rings is 1. The van der Waals surface area contributed by atoms with Crippen LogP contribution in [0.3, 0.4) is 0 Å². The van der Waals surface area contributed by atoms with Gasteiger partial charge in [-0.3, -0.25) is 9.69 Å². The van der Waals surface area contributed by atoms with Gasteiger partial charge < -0.3 is 24.0 Å². The first-order valence-corrected chi connectivity index (χ1v) is 12.4. The van der Waals surface area contributed by atoms with Crippen molar-refractivity contribution in [2.45, 2.75) is 31.2 Å². The average molecular weight is 466 g/mol. The predicted octanol–water partition coefficient (Wildman–Crippen LogP) is 3.10. The second-order valence-corrected chi connectivity index (χ2v) is 9.40. The lowest BCUT2D eigenvalue weighted by Crippen LogP contribution is -2.50. The van der Waals surface area contributed by atoms with Crippen LogP contribution in [0.15, 0.2) is 54.6 Å². The Bertz CT molecular complexity index is 963. The summed E-state index contributed by atoms with van der Waals surface area (Å²) in [5.74, 6) is 0.228. The van der Waals surface area contributed by atoms with Crippen LogP contribution < -0.4 is 9.64 Å². The summed E-state index contributed by atoms with van der Waals surface area (Å²) in [6.07, 6.45) is 2.60. The number of para-hydroxylation sites is 2. The minimum Gasteiger partial charge on any atom is -0.495 e. The maximum absolute atomic E-state index is 12.5. The Morgan fingerprint density at radius 2 is 1.74 bits per heavy atom. The van der Waals surface area contributed by atoms with Crippen LogP contribution in [0.25, 0.3) is 0 Å². The molecule has 34 heavy (non-hydrogen) atoms. The summed E-state index contributed by atoms with van der Waals surface area (Å²) < 4.78 is 18.6. The highest BCUT2D eigenvalue weighted by Crippen LogP contribution is 2.36. The Labute approximate surface area is 202 Å². The summed E-state index contributed by atoms with van der Waals surface area (Å²) in [4.78, 5) is 19.3. The molecule has 0 aliphatic carbocycles. The molecule has 0 unspecified atom stereocenters. The fourth-order valence-electron chi connectivity index (χ4n) is 5.30. The molecule has 3 heterocycles. The van der Waals surface area contributed by atoms with Gasteiger partial charge in [-0.25, -0.2) is 0 Å². The molecule has 0 radical (unpaired) electrons. The van der Waals surface area contributed by atoms with Gasteiger partial charge in [-0.2, -0.15) is 0 Å². The van der Waals surface area contributed by atoms with E-state index in [0.29, 0.717) is 19.6 Å². The molecule has 0 bridgehead atoms. The number of ether oxygens (including phenoxy) is 3. The fourth-order valence-corrected chi connectivity index (χ4v) is 5.30. The van der Waals surface area contributed by atoms with Crippen LogP contribution in [-0.2, 0) is 20.1 Å². The third-order valence-corrected chi connectivity index (χ3v) is 7.15. The summed E-state index contributed by atoms with van der Waals surface area (Å²) >= 11 is 0. The van der Waals surface area contributed by atoms with Crippen molar-refractivity contribution < 1.29 is 19.0 Å². The normalized spacial score (nSPS) is 26.1. The lowest BCUT2D eigenvalue weighted by molar-refractivity contribution is -0.195. The molecule has 7 heteroatoms. The van der Waals surface area contributed by atoms with Crippen molar-refractivity contribution in [3.05, 3.63) is 60.2 Å². The summed E-state index contributed by atoms with van der Waals surface area (Å²) in [6, 6.07) is 18.3. The summed E-state index contributed by atoms with van der Waals surface area (Å²) in [5, 5.41) is 0. The van der Waals surface area contributed by atoms with Gasteiger partial charge in [0.1, 0.15) is 5.75 Å². The van der Waals surface area contributed by atoms with Gasteiger partial charge in [0, 0.05) is 51.3 Å². The molecular formula is C27H35N3O4. The Morgan fingerprint density at radius 3 is 2.50 bits per heavy atom. The van der Waals surface area contributed by atoms with E-state index in [-0.39, 0.29) is 12.0 Å². The summed E-state index contributed by atoms with van der Waals surface area (Å²) in [6.45, 7) is 6.39. The van der Waals surface area contributed by atoms with Crippen molar-refractivity contribution in [3.8, 4) is 5.75 Å². The van der Waals surface area contributed by atoms with Gasteiger partial charge in [0.2, 0.25) is 11.7 Å². The van der Waals surface area contributed by atoms with Crippen LogP contribution >= 0.6 is 0 Å². The largest absolute Gasteiger partial charge is 0.495 e. The number of hydrogen-bond donors (Lipinski definition) is 0. The molecule has 3 fully saturated rings.